The highest BCUT2D eigenvalue weighted by atomic mass is 16.5. The van der Waals surface area contributed by atoms with Gasteiger partial charge >= 0.3 is 5.97 Å². The van der Waals surface area contributed by atoms with Crippen LogP contribution in [0.1, 0.15) is 51.9 Å². The van der Waals surface area contributed by atoms with Gasteiger partial charge in [0.2, 0.25) is 5.91 Å². The average Bonchev–Trinajstić information content (AvgIpc) is 2.77. The molecule has 2 saturated heterocycles. The minimum absolute atomic E-state index is 0.166. The maximum atomic E-state index is 12.5. The number of esters is 1. The molecule has 2 aliphatic heterocycles. The number of hydrogen-bond acceptors (Lipinski definition) is 4. The lowest BCUT2D eigenvalue weighted by Crippen LogP contribution is -2.50. The molecule has 120 valence electrons. The molecule has 0 aliphatic carbocycles. The van der Waals surface area contributed by atoms with Gasteiger partial charge in [0.1, 0.15) is 6.04 Å². The molecule has 2 fully saturated rings. The summed E-state index contributed by atoms with van der Waals surface area (Å²) >= 11 is 0. The fraction of sp³-hybridized carbons (Fsp3) is 0.875. The first-order chi connectivity index (χ1) is 10.2. The van der Waals surface area contributed by atoms with Crippen LogP contribution >= 0.6 is 0 Å². The van der Waals surface area contributed by atoms with Crippen molar-refractivity contribution in [1.82, 2.24) is 9.80 Å². The first kappa shape index (κ1) is 16.3. The average molecular weight is 296 g/mol. The Morgan fingerprint density at radius 2 is 1.67 bits per heavy atom. The Morgan fingerprint density at radius 1 is 1.00 bits per heavy atom. The van der Waals surface area contributed by atoms with Crippen LogP contribution in [0.25, 0.3) is 0 Å². The minimum Gasteiger partial charge on any atom is -0.465 e. The largest absolute Gasteiger partial charge is 0.465 e. The van der Waals surface area contributed by atoms with E-state index in [1.54, 1.807) is 0 Å². The van der Waals surface area contributed by atoms with Crippen LogP contribution in [-0.4, -0.2) is 60.5 Å². The normalized spacial score (nSPS) is 24.4. The van der Waals surface area contributed by atoms with Crippen LogP contribution < -0.4 is 0 Å². The van der Waals surface area contributed by atoms with Crippen LogP contribution in [0, 0.1) is 0 Å². The summed E-state index contributed by atoms with van der Waals surface area (Å²) < 4.78 is 5.15. The molecule has 1 amide bonds. The maximum absolute atomic E-state index is 12.5. The van der Waals surface area contributed by atoms with Crippen molar-refractivity contribution in [3.8, 4) is 0 Å². The molecule has 0 saturated carbocycles. The third-order valence-corrected chi connectivity index (χ3v) is 4.47. The summed E-state index contributed by atoms with van der Waals surface area (Å²) in [7, 11) is 0. The lowest BCUT2D eigenvalue weighted by Gasteiger charge is -2.34. The van der Waals surface area contributed by atoms with Crippen LogP contribution in [0.5, 0.6) is 0 Å². The smallest absolute Gasteiger partial charge is 0.323 e. The first-order valence-electron chi connectivity index (χ1n) is 8.41. The standard InChI is InChI=1S/C16H28N2O3/c1-2-21-16(20)14-9-5-8-12-18(14)13-15(19)17-10-6-3-4-7-11-17/h14H,2-13H2,1H3. The number of carbonyl (C=O) groups is 2. The summed E-state index contributed by atoms with van der Waals surface area (Å²) in [6, 6.07) is -0.227. The van der Waals surface area contributed by atoms with E-state index in [4.69, 9.17) is 4.74 Å². The van der Waals surface area contributed by atoms with Crippen LogP contribution in [0.15, 0.2) is 0 Å². The number of likely N-dealkylation sites (tertiary alicyclic amines) is 2. The Labute approximate surface area is 127 Å². The quantitative estimate of drug-likeness (QED) is 0.742. The lowest BCUT2D eigenvalue weighted by molar-refractivity contribution is -0.152. The second-order valence-corrected chi connectivity index (χ2v) is 6.03. The van der Waals surface area contributed by atoms with Gasteiger partial charge in [0.15, 0.2) is 0 Å². The van der Waals surface area contributed by atoms with Crippen LogP contribution in [0.2, 0.25) is 0 Å². The number of rotatable bonds is 4. The second kappa shape index (κ2) is 8.37. The SMILES string of the molecule is CCOC(=O)C1CCCCN1CC(=O)N1CCCCCC1. The summed E-state index contributed by atoms with van der Waals surface area (Å²) in [6.07, 6.45) is 7.56. The topological polar surface area (TPSA) is 49.9 Å². The molecule has 0 bridgehead atoms. The Balaban J connectivity index is 1.91. The summed E-state index contributed by atoms with van der Waals surface area (Å²) in [5, 5.41) is 0. The molecular formula is C16H28N2O3. The molecule has 0 radical (unpaired) electrons. The highest BCUT2D eigenvalue weighted by Crippen LogP contribution is 2.19. The minimum atomic E-state index is -0.227. The van der Waals surface area contributed by atoms with Crippen molar-refractivity contribution in [2.75, 3.05) is 32.8 Å². The fourth-order valence-electron chi connectivity index (χ4n) is 3.28. The molecule has 1 atom stereocenters. The van der Waals surface area contributed by atoms with Gasteiger partial charge in [-0.05, 0) is 39.2 Å². The molecule has 0 aromatic carbocycles. The van der Waals surface area contributed by atoms with E-state index in [1.807, 2.05) is 16.7 Å². The number of nitrogens with zero attached hydrogens (tertiary/aromatic N) is 2. The maximum Gasteiger partial charge on any atom is 0.323 e. The van der Waals surface area contributed by atoms with Gasteiger partial charge in [-0.15, -0.1) is 0 Å². The van der Waals surface area contributed by atoms with Gasteiger partial charge in [0, 0.05) is 13.1 Å². The summed E-state index contributed by atoms with van der Waals surface area (Å²) in [6.45, 7) is 5.16. The Morgan fingerprint density at radius 3 is 2.33 bits per heavy atom. The van der Waals surface area contributed by atoms with Crippen LogP contribution in [-0.2, 0) is 14.3 Å². The van der Waals surface area contributed by atoms with E-state index in [1.165, 1.54) is 12.8 Å². The molecule has 2 rings (SSSR count). The van der Waals surface area contributed by atoms with E-state index in [2.05, 4.69) is 0 Å². The van der Waals surface area contributed by atoms with Crippen LogP contribution in [0.3, 0.4) is 0 Å². The molecule has 1 unspecified atom stereocenters. The number of ether oxygens (including phenoxy) is 1. The zero-order valence-electron chi connectivity index (χ0n) is 13.2. The van der Waals surface area contributed by atoms with E-state index >= 15 is 0 Å². The number of piperidine rings is 1. The summed E-state index contributed by atoms with van der Waals surface area (Å²) in [5.74, 6) is 0.00830. The predicted molar refractivity (Wildman–Crippen MR) is 80.9 cm³/mol. The third-order valence-electron chi connectivity index (χ3n) is 4.47. The van der Waals surface area contributed by atoms with E-state index < -0.39 is 0 Å². The number of hydrogen-bond donors (Lipinski definition) is 0. The molecular weight excluding hydrogens is 268 g/mol. The van der Waals surface area contributed by atoms with Gasteiger partial charge in [-0.2, -0.15) is 0 Å². The fourth-order valence-corrected chi connectivity index (χ4v) is 3.28. The third kappa shape index (κ3) is 4.70. The van der Waals surface area contributed by atoms with Crippen LogP contribution in [0.4, 0.5) is 0 Å². The Kier molecular flexibility index (Phi) is 6.49. The molecule has 2 aliphatic rings. The predicted octanol–water partition coefficient (Wildman–Crippen LogP) is 1.81. The highest BCUT2D eigenvalue weighted by molar-refractivity contribution is 5.80. The number of amides is 1. The van der Waals surface area contributed by atoms with Gasteiger partial charge in [0.05, 0.1) is 13.2 Å². The van der Waals surface area contributed by atoms with E-state index in [0.29, 0.717) is 13.2 Å². The lowest BCUT2D eigenvalue weighted by atomic mass is 10.0. The first-order valence-corrected chi connectivity index (χ1v) is 8.41. The summed E-state index contributed by atoms with van der Waals surface area (Å²) in [5.41, 5.74) is 0. The zero-order valence-corrected chi connectivity index (χ0v) is 13.2. The molecule has 0 aromatic rings. The molecule has 5 nitrogen and oxygen atoms in total. The molecule has 0 N–H and O–H groups in total. The van der Waals surface area contributed by atoms with Crippen molar-refractivity contribution in [3.63, 3.8) is 0 Å². The molecule has 5 heteroatoms. The van der Waals surface area contributed by atoms with Gasteiger partial charge in [0.25, 0.3) is 0 Å². The molecule has 0 spiro atoms. The zero-order chi connectivity index (χ0) is 15.1. The highest BCUT2D eigenvalue weighted by Gasteiger charge is 2.32. The van der Waals surface area contributed by atoms with Crippen molar-refractivity contribution in [2.24, 2.45) is 0 Å². The van der Waals surface area contributed by atoms with E-state index in [0.717, 1.165) is 51.7 Å². The Bertz CT molecular complexity index is 351. The van der Waals surface area contributed by atoms with E-state index in [-0.39, 0.29) is 17.9 Å². The second-order valence-electron chi connectivity index (χ2n) is 6.03. The number of carbonyl (C=O) groups excluding carboxylic acids is 2. The van der Waals surface area contributed by atoms with Crippen molar-refractivity contribution in [2.45, 2.75) is 57.9 Å². The van der Waals surface area contributed by atoms with Gasteiger partial charge in [-0.1, -0.05) is 19.3 Å². The Hall–Kier alpha value is -1.10. The monoisotopic (exact) mass is 296 g/mol. The van der Waals surface area contributed by atoms with Crippen molar-refractivity contribution in [1.29, 1.82) is 0 Å². The van der Waals surface area contributed by atoms with Crippen molar-refractivity contribution in [3.05, 3.63) is 0 Å². The molecule has 0 aromatic heterocycles. The van der Waals surface area contributed by atoms with Crippen molar-refractivity contribution < 1.29 is 14.3 Å². The van der Waals surface area contributed by atoms with Gasteiger partial charge in [-0.3, -0.25) is 14.5 Å². The van der Waals surface area contributed by atoms with Gasteiger partial charge in [-0.25, -0.2) is 0 Å². The summed E-state index contributed by atoms with van der Waals surface area (Å²) in [4.78, 5) is 28.5. The van der Waals surface area contributed by atoms with Gasteiger partial charge < -0.3 is 9.64 Å². The molecule has 21 heavy (non-hydrogen) atoms. The molecule has 2 heterocycles. The van der Waals surface area contributed by atoms with Crippen molar-refractivity contribution >= 4 is 11.9 Å². The van der Waals surface area contributed by atoms with E-state index in [9.17, 15) is 9.59 Å².